The van der Waals surface area contributed by atoms with Crippen LogP contribution in [0.4, 0.5) is 0 Å². The van der Waals surface area contributed by atoms with Crippen LogP contribution in [0.5, 0.6) is 0 Å². The van der Waals surface area contributed by atoms with E-state index in [2.05, 4.69) is 18.8 Å². The first-order valence-corrected chi connectivity index (χ1v) is 8.73. The van der Waals surface area contributed by atoms with Gasteiger partial charge in [-0.25, -0.2) is 0 Å². The van der Waals surface area contributed by atoms with Gasteiger partial charge < -0.3 is 13.3 Å². The van der Waals surface area contributed by atoms with Crippen LogP contribution in [0.25, 0.3) is 0 Å². The monoisotopic (exact) mass is 206 g/mol. The first-order valence-electron chi connectivity index (χ1n) is 3.95. The van der Waals surface area contributed by atoms with Crippen molar-refractivity contribution < 1.29 is 13.3 Å². The van der Waals surface area contributed by atoms with Crippen LogP contribution in [0.2, 0.25) is 13.1 Å². The van der Waals surface area contributed by atoms with Crippen molar-refractivity contribution in [1.82, 2.24) is 0 Å². The van der Waals surface area contributed by atoms with Crippen LogP contribution in [0.15, 0.2) is 11.4 Å². The second kappa shape index (κ2) is 5.66. The lowest BCUT2D eigenvalue weighted by Gasteiger charge is -2.20. The van der Waals surface area contributed by atoms with E-state index in [0.717, 1.165) is 0 Å². The third kappa shape index (κ3) is 3.64. The van der Waals surface area contributed by atoms with E-state index < -0.39 is 17.6 Å². The molecule has 5 heteroatoms. The molecule has 0 aromatic heterocycles. The minimum Gasteiger partial charge on any atom is -0.374 e. The maximum absolute atomic E-state index is 5.22. The van der Waals surface area contributed by atoms with Gasteiger partial charge in [0, 0.05) is 21.3 Å². The predicted molar refractivity (Wildman–Crippen MR) is 54.8 cm³/mol. The molecule has 12 heavy (non-hydrogen) atoms. The topological polar surface area (TPSA) is 27.7 Å². The lowest BCUT2D eigenvalue weighted by Crippen LogP contribution is -2.41. The highest BCUT2D eigenvalue weighted by atomic mass is 28.4. The Morgan fingerprint density at radius 1 is 1.00 bits per heavy atom. The zero-order chi connectivity index (χ0) is 9.61. The SMILES string of the molecule is CO[Si](C=C[SiH](C)C)(OC)OC. The molecule has 0 aliphatic heterocycles. The molecular weight excluding hydrogens is 188 g/mol. The molecule has 0 aromatic rings. The third-order valence-corrected chi connectivity index (χ3v) is 5.19. The first-order chi connectivity index (χ1) is 5.60. The van der Waals surface area contributed by atoms with E-state index in [4.69, 9.17) is 13.3 Å². The van der Waals surface area contributed by atoms with E-state index in [1.807, 2.05) is 5.70 Å². The molecule has 0 radical (unpaired) electrons. The van der Waals surface area contributed by atoms with Crippen LogP contribution < -0.4 is 0 Å². The van der Waals surface area contributed by atoms with Gasteiger partial charge >= 0.3 is 8.80 Å². The molecule has 0 amide bonds. The van der Waals surface area contributed by atoms with Crippen molar-refractivity contribution in [3.05, 3.63) is 11.4 Å². The Hall–Kier alpha value is 0.0538. The Morgan fingerprint density at radius 3 is 1.67 bits per heavy atom. The van der Waals surface area contributed by atoms with Gasteiger partial charge in [0.05, 0.1) is 8.80 Å². The molecule has 0 bridgehead atoms. The van der Waals surface area contributed by atoms with E-state index in [-0.39, 0.29) is 0 Å². The van der Waals surface area contributed by atoms with Crippen LogP contribution in [-0.2, 0) is 13.3 Å². The maximum atomic E-state index is 5.22. The van der Waals surface area contributed by atoms with Gasteiger partial charge in [0.15, 0.2) is 0 Å². The zero-order valence-corrected chi connectivity index (χ0v) is 10.6. The summed E-state index contributed by atoms with van der Waals surface area (Å²) in [6.45, 7) is 4.47. The summed E-state index contributed by atoms with van der Waals surface area (Å²) in [6.07, 6.45) is 0. The minimum atomic E-state index is -2.43. The molecule has 0 unspecified atom stereocenters. The van der Waals surface area contributed by atoms with E-state index in [9.17, 15) is 0 Å². The Balaban J connectivity index is 4.29. The summed E-state index contributed by atoms with van der Waals surface area (Å²) in [4.78, 5) is 0. The Bertz CT molecular complexity index is 135. The van der Waals surface area contributed by atoms with Crippen LogP contribution >= 0.6 is 0 Å². The average Bonchev–Trinajstić information content (AvgIpc) is 2.08. The zero-order valence-electron chi connectivity index (χ0n) is 8.46. The summed E-state index contributed by atoms with van der Waals surface area (Å²) >= 11 is 0. The van der Waals surface area contributed by atoms with Crippen molar-refractivity contribution in [3.63, 3.8) is 0 Å². The molecule has 0 aromatic carbocycles. The lowest BCUT2D eigenvalue weighted by atomic mass is 11.2. The van der Waals surface area contributed by atoms with Crippen LogP contribution in [-0.4, -0.2) is 38.9 Å². The van der Waals surface area contributed by atoms with Gasteiger partial charge in [-0.15, -0.1) is 0 Å². The minimum absolute atomic E-state index is 0.698. The Labute approximate surface area is 77.3 Å². The van der Waals surface area contributed by atoms with E-state index >= 15 is 0 Å². The van der Waals surface area contributed by atoms with E-state index in [1.54, 1.807) is 21.3 Å². The summed E-state index contributed by atoms with van der Waals surface area (Å²) in [5.74, 6) is 0. The standard InChI is InChI=1S/C7H18O3Si2/c1-8-12(9-2,10-3)7-6-11(4)5/h6-7,11H,1-5H3. The molecule has 72 valence electrons. The molecule has 0 aliphatic carbocycles. The summed E-state index contributed by atoms with van der Waals surface area (Å²) in [5, 5.41) is 0. The smallest absolute Gasteiger partial charge is 0.374 e. The number of hydrogen-bond acceptors (Lipinski definition) is 3. The largest absolute Gasteiger partial charge is 0.528 e. The molecule has 0 N–H and O–H groups in total. The van der Waals surface area contributed by atoms with Gasteiger partial charge in [-0.3, -0.25) is 0 Å². The van der Waals surface area contributed by atoms with Crippen molar-refractivity contribution in [2.24, 2.45) is 0 Å². The highest BCUT2D eigenvalue weighted by molar-refractivity contribution is 6.70. The van der Waals surface area contributed by atoms with Crippen LogP contribution in [0.1, 0.15) is 0 Å². The highest BCUT2D eigenvalue weighted by Gasteiger charge is 2.34. The molecular formula is C7H18O3Si2. The molecule has 0 heterocycles. The maximum Gasteiger partial charge on any atom is 0.528 e. The molecule has 0 aliphatic rings. The predicted octanol–water partition coefficient (Wildman–Crippen LogP) is 0.986. The Kier molecular flexibility index (Phi) is 5.68. The molecule has 3 nitrogen and oxygen atoms in total. The molecule has 0 spiro atoms. The van der Waals surface area contributed by atoms with Crippen molar-refractivity contribution in [3.8, 4) is 0 Å². The summed E-state index contributed by atoms with van der Waals surface area (Å²) < 4.78 is 15.6. The van der Waals surface area contributed by atoms with E-state index in [0.29, 0.717) is 0 Å². The van der Waals surface area contributed by atoms with Crippen LogP contribution in [0.3, 0.4) is 0 Å². The third-order valence-electron chi connectivity index (χ3n) is 1.54. The van der Waals surface area contributed by atoms with E-state index in [1.165, 1.54) is 0 Å². The molecule has 0 saturated carbocycles. The second-order valence-corrected chi connectivity index (χ2v) is 8.46. The van der Waals surface area contributed by atoms with Crippen molar-refractivity contribution >= 4 is 17.6 Å². The van der Waals surface area contributed by atoms with Crippen molar-refractivity contribution in [2.45, 2.75) is 13.1 Å². The summed E-state index contributed by atoms with van der Waals surface area (Å²) in [7, 11) is 1.73. The summed E-state index contributed by atoms with van der Waals surface area (Å²) in [5.41, 5.74) is 4.13. The fourth-order valence-corrected chi connectivity index (χ4v) is 4.16. The second-order valence-electron chi connectivity index (χ2n) is 2.82. The quantitative estimate of drug-likeness (QED) is 0.628. The van der Waals surface area contributed by atoms with Crippen LogP contribution in [0, 0.1) is 0 Å². The average molecular weight is 206 g/mol. The van der Waals surface area contributed by atoms with Gasteiger partial charge in [-0.2, -0.15) is 0 Å². The first kappa shape index (κ1) is 12.1. The fraction of sp³-hybridized carbons (Fsp3) is 0.714. The van der Waals surface area contributed by atoms with Gasteiger partial charge in [0.2, 0.25) is 0 Å². The highest BCUT2D eigenvalue weighted by Crippen LogP contribution is 2.07. The molecule has 0 saturated heterocycles. The lowest BCUT2D eigenvalue weighted by molar-refractivity contribution is 0.138. The summed E-state index contributed by atoms with van der Waals surface area (Å²) in [6, 6.07) is 0. The number of rotatable bonds is 5. The fourth-order valence-electron chi connectivity index (χ4n) is 0.764. The normalized spacial score (nSPS) is 13.2. The molecule has 0 atom stereocenters. The number of hydrogen-bond donors (Lipinski definition) is 0. The van der Waals surface area contributed by atoms with Gasteiger partial charge in [-0.1, -0.05) is 18.8 Å². The van der Waals surface area contributed by atoms with Crippen molar-refractivity contribution in [1.29, 1.82) is 0 Å². The van der Waals surface area contributed by atoms with Gasteiger partial charge in [-0.05, 0) is 5.70 Å². The molecule has 0 fully saturated rings. The Morgan fingerprint density at radius 2 is 1.42 bits per heavy atom. The van der Waals surface area contributed by atoms with Gasteiger partial charge in [0.1, 0.15) is 0 Å². The molecule has 0 rings (SSSR count). The van der Waals surface area contributed by atoms with Gasteiger partial charge in [0.25, 0.3) is 0 Å². The van der Waals surface area contributed by atoms with Crippen molar-refractivity contribution in [2.75, 3.05) is 21.3 Å².